The van der Waals surface area contributed by atoms with E-state index in [1.165, 1.54) is 39.1 Å². The number of rotatable bonds is 7. The lowest BCUT2D eigenvalue weighted by molar-refractivity contribution is 0.0774. The van der Waals surface area contributed by atoms with Crippen LogP contribution in [-0.4, -0.2) is 69.6 Å². The van der Waals surface area contributed by atoms with Gasteiger partial charge in [0, 0.05) is 24.7 Å². The molecule has 2 aromatic heterocycles. The van der Waals surface area contributed by atoms with Crippen molar-refractivity contribution in [2.24, 2.45) is 10.5 Å². The van der Waals surface area contributed by atoms with Crippen LogP contribution in [0, 0.1) is 11.2 Å². The number of fused-ring (bicyclic) bond motifs is 2. The van der Waals surface area contributed by atoms with Crippen LogP contribution in [0.5, 0.6) is 0 Å². The number of hydrazine groups is 1. The number of benzene rings is 1. The third-order valence-electron chi connectivity index (χ3n) is 7.25. The zero-order valence-corrected chi connectivity index (χ0v) is 22.3. The van der Waals surface area contributed by atoms with E-state index in [0.717, 1.165) is 23.3 Å². The van der Waals surface area contributed by atoms with Gasteiger partial charge >= 0.3 is 0 Å². The van der Waals surface area contributed by atoms with Gasteiger partial charge in [0.25, 0.3) is 0 Å². The molecule has 198 valence electrons. The molecule has 10 nitrogen and oxygen atoms in total. The lowest BCUT2D eigenvalue weighted by atomic mass is 9.66. The molecule has 0 saturated carbocycles. The Balaban J connectivity index is 1.38. The third kappa shape index (κ3) is 4.10. The summed E-state index contributed by atoms with van der Waals surface area (Å²) in [4.78, 5) is 18.3. The largest absolute Gasteiger partial charge is 0.290 e. The number of aromatic nitrogens is 3. The second-order valence-corrected chi connectivity index (χ2v) is 12.6. The van der Waals surface area contributed by atoms with E-state index in [1.807, 2.05) is 13.0 Å². The van der Waals surface area contributed by atoms with E-state index < -0.39 is 20.8 Å². The van der Waals surface area contributed by atoms with Gasteiger partial charge in [0.15, 0.2) is 10.4 Å². The van der Waals surface area contributed by atoms with Crippen molar-refractivity contribution in [2.45, 2.75) is 31.6 Å². The van der Waals surface area contributed by atoms with Gasteiger partial charge in [-0.25, -0.2) is 27.6 Å². The number of hydrogen-bond acceptors (Lipinski definition) is 9. The summed E-state index contributed by atoms with van der Waals surface area (Å²) in [6.45, 7) is 2.81. The Morgan fingerprint density at radius 1 is 1.29 bits per heavy atom. The van der Waals surface area contributed by atoms with Crippen LogP contribution in [0.25, 0.3) is 11.8 Å². The minimum Gasteiger partial charge on any atom is -0.290 e. The number of sulfonamides is 1. The van der Waals surface area contributed by atoms with Crippen LogP contribution < -0.4 is 5.43 Å². The zero-order chi connectivity index (χ0) is 26.5. The van der Waals surface area contributed by atoms with Crippen molar-refractivity contribution < 1.29 is 17.6 Å². The third-order valence-corrected chi connectivity index (χ3v) is 9.92. The highest BCUT2D eigenvalue weighted by Crippen LogP contribution is 2.47. The number of piperidine rings is 1. The molecule has 1 unspecified atom stereocenters. The molecule has 1 fully saturated rings. The SMILES string of the molecule is CCCN1N=CC(S(=O)(=O)N2CCC3=Cc4c(cnn4-c4ccc(F)cc4)C[C@]3(C(=O)c3nccs3)C2)N1. The van der Waals surface area contributed by atoms with Gasteiger partial charge in [-0.05, 0) is 55.2 Å². The first-order valence-corrected chi connectivity index (χ1v) is 14.7. The predicted molar refractivity (Wildman–Crippen MR) is 142 cm³/mol. The molecule has 6 rings (SSSR count). The van der Waals surface area contributed by atoms with Crippen molar-refractivity contribution in [3.8, 4) is 5.69 Å². The maximum atomic E-state index is 14.0. The van der Waals surface area contributed by atoms with Crippen LogP contribution in [0.3, 0.4) is 0 Å². The Morgan fingerprint density at radius 2 is 2.11 bits per heavy atom. The first kappa shape index (κ1) is 25.0. The van der Waals surface area contributed by atoms with E-state index >= 15 is 0 Å². The lowest BCUT2D eigenvalue weighted by Gasteiger charge is -2.44. The van der Waals surface area contributed by atoms with Crippen LogP contribution in [0.15, 0.2) is 52.7 Å². The number of nitrogens with zero attached hydrogens (tertiary/aromatic N) is 6. The van der Waals surface area contributed by atoms with Gasteiger partial charge in [-0.3, -0.25) is 4.79 Å². The van der Waals surface area contributed by atoms with E-state index in [2.05, 4.69) is 20.6 Å². The molecule has 2 aliphatic heterocycles. The average molecular weight is 556 g/mol. The Hall–Kier alpha value is -3.26. The van der Waals surface area contributed by atoms with Crippen molar-refractivity contribution in [3.63, 3.8) is 0 Å². The molecule has 1 N–H and O–H groups in total. The van der Waals surface area contributed by atoms with Crippen molar-refractivity contribution in [3.05, 3.63) is 69.7 Å². The summed E-state index contributed by atoms with van der Waals surface area (Å²) in [5, 5.41) is 11.3. The van der Waals surface area contributed by atoms with E-state index in [0.29, 0.717) is 23.7 Å². The first-order valence-electron chi connectivity index (χ1n) is 12.4. The van der Waals surface area contributed by atoms with Gasteiger partial charge in [-0.1, -0.05) is 12.5 Å². The van der Waals surface area contributed by atoms with Gasteiger partial charge in [-0.2, -0.15) is 19.9 Å². The molecule has 4 heterocycles. The Labute approximate surface area is 223 Å². The molecule has 38 heavy (non-hydrogen) atoms. The number of hydrazone groups is 1. The van der Waals surface area contributed by atoms with Crippen LogP contribution in [0.1, 0.15) is 40.8 Å². The number of nitrogens with one attached hydrogen (secondary N) is 1. The molecule has 2 atom stereocenters. The molecule has 1 saturated heterocycles. The Kier molecular flexibility index (Phi) is 6.25. The Morgan fingerprint density at radius 3 is 2.84 bits per heavy atom. The fourth-order valence-corrected chi connectivity index (χ4v) is 7.56. The van der Waals surface area contributed by atoms with E-state index in [4.69, 9.17) is 0 Å². The number of Topliss-reactive ketones (excluding diaryl/α,β-unsaturated/α-hetero) is 1. The summed E-state index contributed by atoms with van der Waals surface area (Å²) < 4.78 is 44.0. The van der Waals surface area contributed by atoms with Crippen LogP contribution >= 0.6 is 11.3 Å². The molecule has 1 aromatic carbocycles. The molecular formula is C25H26FN7O3S2. The molecule has 1 aliphatic carbocycles. The lowest BCUT2D eigenvalue weighted by Crippen LogP contribution is -2.56. The van der Waals surface area contributed by atoms with Crippen LogP contribution in [-0.2, 0) is 16.4 Å². The molecule has 0 radical (unpaired) electrons. The highest BCUT2D eigenvalue weighted by molar-refractivity contribution is 7.90. The number of carbonyl (C=O) groups excluding carboxylic acids is 1. The first-order chi connectivity index (χ1) is 18.3. The normalized spacial score (nSPS) is 23.3. The number of halogens is 1. The molecule has 3 aromatic rings. The summed E-state index contributed by atoms with van der Waals surface area (Å²) in [5.41, 5.74) is 5.01. The minimum atomic E-state index is -3.84. The summed E-state index contributed by atoms with van der Waals surface area (Å²) in [7, 11) is -3.84. The smallest absolute Gasteiger partial charge is 0.237 e. The Bertz CT molecular complexity index is 1530. The van der Waals surface area contributed by atoms with Crippen molar-refractivity contribution in [1.29, 1.82) is 0 Å². The fraction of sp³-hybridized carbons (Fsp3) is 0.360. The summed E-state index contributed by atoms with van der Waals surface area (Å²) in [6.07, 6.45) is 8.11. The van der Waals surface area contributed by atoms with Gasteiger partial charge in [0.2, 0.25) is 15.8 Å². The average Bonchev–Trinajstić information content (AvgIpc) is 3.69. The van der Waals surface area contributed by atoms with Gasteiger partial charge in [0.1, 0.15) is 5.82 Å². The van der Waals surface area contributed by atoms with Crippen molar-refractivity contribution in [1.82, 2.24) is 29.6 Å². The maximum Gasteiger partial charge on any atom is 0.237 e. The van der Waals surface area contributed by atoms with E-state index in [9.17, 15) is 17.6 Å². The van der Waals surface area contributed by atoms with Crippen molar-refractivity contribution in [2.75, 3.05) is 19.6 Å². The van der Waals surface area contributed by atoms with Crippen molar-refractivity contribution >= 4 is 39.4 Å². The summed E-state index contributed by atoms with van der Waals surface area (Å²) >= 11 is 1.25. The molecule has 0 spiro atoms. The highest BCUT2D eigenvalue weighted by atomic mass is 32.2. The predicted octanol–water partition coefficient (Wildman–Crippen LogP) is 2.85. The molecule has 0 bridgehead atoms. The molecule has 3 aliphatic rings. The van der Waals surface area contributed by atoms with E-state index in [1.54, 1.807) is 34.6 Å². The maximum absolute atomic E-state index is 14.0. The summed E-state index contributed by atoms with van der Waals surface area (Å²) in [5.74, 6) is -0.533. The quantitative estimate of drug-likeness (QED) is 0.446. The van der Waals surface area contributed by atoms with Crippen LogP contribution in [0.2, 0.25) is 0 Å². The second kappa shape index (κ2) is 9.49. The zero-order valence-electron chi connectivity index (χ0n) is 20.6. The minimum absolute atomic E-state index is 0.000542. The number of ketones is 1. The highest BCUT2D eigenvalue weighted by Gasteiger charge is 2.52. The second-order valence-electron chi connectivity index (χ2n) is 9.60. The van der Waals surface area contributed by atoms with Gasteiger partial charge in [0.05, 0.1) is 35.8 Å². The van der Waals surface area contributed by atoms with Gasteiger partial charge in [-0.15, -0.1) is 11.3 Å². The molecule has 13 heteroatoms. The topological polar surface area (TPSA) is 113 Å². The number of hydrogen-bond donors (Lipinski definition) is 1. The fourth-order valence-electron chi connectivity index (χ4n) is 5.35. The monoisotopic (exact) mass is 555 g/mol. The summed E-state index contributed by atoms with van der Waals surface area (Å²) in [6, 6.07) is 6.05. The molecular weight excluding hydrogens is 529 g/mol. The standard InChI is InChI=1S/C25H26FN7O3S2/c1-2-9-32-28-15-22(30-32)38(35,36)31-10-7-18-12-21-17(14-29-33(21)20-5-3-19(26)4-6-20)13-25(18,16-31)23(34)24-27-8-11-37-24/h3-6,8,11-12,14-15,22,30H,2,7,9-10,13,16H2,1H3/t22?,25-/m0/s1. The van der Waals surface area contributed by atoms with E-state index in [-0.39, 0.29) is 31.1 Å². The number of thiazole rings is 1. The number of carbonyl (C=O) groups is 1. The van der Waals surface area contributed by atoms with Gasteiger partial charge < -0.3 is 0 Å². The molecule has 0 amide bonds. The van der Waals surface area contributed by atoms with Crippen LogP contribution in [0.4, 0.5) is 4.39 Å².